The van der Waals surface area contributed by atoms with Crippen molar-refractivity contribution in [2.45, 2.75) is 64.4 Å². The van der Waals surface area contributed by atoms with Crippen LogP contribution < -0.4 is 10.1 Å². The highest BCUT2D eigenvalue weighted by atomic mass is 35.5. The fraction of sp³-hybridized carbons (Fsp3) is 0.552. The number of rotatable bonds is 8. The van der Waals surface area contributed by atoms with Crippen molar-refractivity contribution in [3.63, 3.8) is 0 Å². The highest BCUT2D eigenvalue weighted by Gasteiger charge is 2.35. The molecule has 1 amide bonds. The number of carbonyl (C=O) groups excluding carboxylic acids is 1. The lowest BCUT2D eigenvalue weighted by atomic mass is 9.76. The van der Waals surface area contributed by atoms with E-state index in [1.165, 1.54) is 37.7 Å². The fourth-order valence-corrected chi connectivity index (χ4v) is 5.55. The molecule has 1 heterocycles. The SMILES string of the molecule is CC(C)[C@@H]1C[C@H](c2ccc(Cl)cc2)CO[C@H]1c1cccc(OCC(=O)NCC2CCCCC2)c1. The Kier molecular flexibility index (Phi) is 8.91. The van der Waals surface area contributed by atoms with E-state index < -0.39 is 0 Å². The minimum atomic E-state index is -0.0456. The Balaban J connectivity index is 1.34. The van der Waals surface area contributed by atoms with Gasteiger partial charge in [-0.1, -0.05) is 69.0 Å². The predicted molar refractivity (Wildman–Crippen MR) is 137 cm³/mol. The van der Waals surface area contributed by atoms with Gasteiger partial charge in [0.1, 0.15) is 5.75 Å². The molecule has 1 aliphatic carbocycles. The summed E-state index contributed by atoms with van der Waals surface area (Å²) in [5.41, 5.74) is 2.40. The van der Waals surface area contributed by atoms with E-state index in [-0.39, 0.29) is 18.6 Å². The topological polar surface area (TPSA) is 47.6 Å². The Hall–Kier alpha value is -2.04. The summed E-state index contributed by atoms with van der Waals surface area (Å²) in [7, 11) is 0. The lowest BCUT2D eigenvalue weighted by Gasteiger charge is -2.39. The number of amides is 1. The quantitative estimate of drug-likeness (QED) is 0.442. The van der Waals surface area contributed by atoms with Gasteiger partial charge in [-0.15, -0.1) is 0 Å². The van der Waals surface area contributed by atoms with Crippen LogP contribution in [0.5, 0.6) is 5.75 Å². The van der Waals surface area contributed by atoms with Crippen LogP contribution in [0.2, 0.25) is 5.02 Å². The van der Waals surface area contributed by atoms with Crippen LogP contribution in [0.15, 0.2) is 48.5 Å². The highest BCUT2D eigenvalue weighted by molar-refractivity contribution is 6.30. The minimum absolute atomic E-state index is 0.0206. The van der Waals surface area contributed by atoms with Gasteiger partial charge >= 0.3 is 0 Å². The maximum atomic E-state index is 12.3. The molecule has 4 rings (SSSR count). The lowest BCUT2D eigenvalue weighted by Crippen LogP contribution is -2.33. The third-order valence-corrected chi connectivity index (χ3v) is 7.74. The van der Waals surface area contributed by atoms with Gasteiger partial charge in [0, 0.05) is 17.5 Å². The Labute approximate surface area is 209 Å². The Morgan fingerprint density at radius 1 is 1.09 bits per heavy atom. The Bertz CT molecular complexity index is 923. The third-order valence-electron chi connectivity index (χ3n) is 7.49. The zero-order valence-electron chi connectivity index (χ0n) is 20.5. The first-order valence-corrected chi connectivity index (χ1v) is 13.2. The molecule has 2 aromatic carbocycles. The molecule has 1 aliphatic heterocycles. The molecule has 34 heavy (non-hydrogen) atoms. The van der Waals surface area contributed by atoms with E-state index in [0.29, 0.717) is 30.3 Å². The molecule has 1 N–H and O–H groups in total. The molecule has 0 radical (unpaired) electrons. The molecular formula is C29H38ClNO3. The zero-order valence-corrected chi connectivity index (χ0v) is 21.2. The number of hydrogen-bond donors (Lipinski definition) is 1. The maximum absolute atomic E-state index is 12.3. The summed E-state index contributed by atoms with van der Waals surface area (Å²) >= 11 is 6.08. The molecule has 2 aliphatic rings. The molecule has 184 valence electrons. The number of nitrogens with one attached hydrogen (secondary N) is 1. The second kappa shape index (κ2) is 12.1. The van der Waals surface area contributed by atoms with E-state index in [9.17, 15) is 4.79 Å². The average Bonchev–Trinajstić information content (AvgIpc) is 2.87. The number of halogens is 1. The summed E-state index contributed by atoms with van der Waals surface area (Å²) in [5, 5.41) is 3.81. The van der Waals surface area contributed by atoms with Crippen molar-refractivity contribution >= 4 is 17.5 Å². The summed E-state index contributed by atoms with van der Waals surface area (Å²) in [4.78, 5) is 12.3. The molecule has 0 unspecified atom stereocenters. The molecule has 3 atom stereocenters. The average molecular weight is 484 g/mol. The second-order valence-corrected chi connectivity index (χ2v) is 10.8. The summed E-state index contributed by atoms with van der Waals surface area (Å²) in [6.07, 6.45) is 7.43. The van der Waals surface area contributed by atoms with E-state index in [2.05, 4.69) is 37.4 Å². The van der Waals surface area contributed by atoms with Gasteiger partial charge in [0.15, 0.2) is 6.61 Å². The van der Waals surface area contributed by atoms with Crippen molar-refractivity contribution in [1.82, 2.24) is 5.32 Å². The van der Waals surface area contributed by atoms with E-state index in [1.54, 1.807) is 0 Å². The van der Waals surface area contributed by atoms with Crippen LogP contribution in [0.3, 0.4) is 0 Å². The minimum Gasteiger partial charge on any atom is -0.484 e. The first kappa shape index (κ1) is 25.1. The van der Waals surface area contributed by atoms with Crippen LogP contribution >= 0.6 is 11.6 Å². The molecule has 0 spiro atoms. The van der Waals surface area contributed by atoms with Crippen molar-refractivity contribution in [3.05, 3.63) is 64.7 Å². The molecule has 0 bridgehead atoms. The van der Waals surface area contributed by atoms with E-state index >= 15 is 0 Å². The number of benzene rings is 2. The molecule has 2 aromatic rings. The lowest BCUT2D eigenvalue weighted by molar-refractivity contribution is -0.123. The van der Waals surface area contributed by atoms with Crippen LogP contribution in [0, 0.1) is 17.8 Å². The van der Waals surface area contributed by atoms with Crippen LogP contribution in [-0.2, 0) is 9.53 Å². The highest BCUT2D eigenvalue weighted by Crippen LogP contribution is 2.44. The number of hydrogen-bond acceptors (Lipinski definition) is 3. The van der Waals surface area contributed by atoms with Crippen molar-refractivity contribution in [2.24, 2.45) is 17.8 Å². The number of carbonyl (C=O) groups is 1. The van der Waals surface area contributed by atoms with Crippen molar-refractivity contribution < 1.29 is 14.3 Å². The monoisotopic (exact) mass is 483 g/mol. The standard InChI is InChI=1S/C29H38ClNO3/c1-20(2)27-16-24(22-11-13-25(30)14-12-22)18-34-29(27)23-9-6-10-26(15-23)33-19-28(32)31-17-21-7-4-3-5-8-21/h6,9-15,20-21,24,27,29H,3-5,7-8,16-19H2,1-2H3,(H,31,32)/t24-,27-,29-/m0/s1. The summed E-state index contributed by atoms with van der Waals surface area (Å²) in [6.45, 7) is 6.03. The molecule has 4 nitrogen and oxygen atoms in total. The molecule has 2 fully saturated rings. The Morgan fingerprint density at radius 2 is 1.85 bits per heavy atom. The second-order valence-electron chi connectivity index (χ2n) is 10.3. The van der Waals surface area contributed by atoms with Crippen LogP contribution in [0.4, 0.5) is 0 Å². The van der Waals surface area contributed by atoms with E-state index in [1.807, 2.05) is 30.3 Å². The smallest absolute Gasteiger partial charge is 0.257 e. The molecule has 1 saturated heterocycles. The predicted octanol–water partition coefficient (Wildman–Crippen LogP) is 6.93. The van der Waals surface area contributed by atoms with Crippen LogP contribution in [0.1, 0.15) is 75.5 Å². The first-order chi connectivity index (χ1) is 16.5. The van der Waals surface area contributed by atoms with Crippen LogP contribution in [0.25, 0.3) is 0 Å². The first-order valence-electron chi connectivity index (χ1n) is 12.9. The normalized spacial score (nSPS) is 23.6. The van der Waals surface area contributed by atoms with Gasteiger partial charge in [-0.25, -0.2) is 0 Å². The van der Waals surface area contributed by atoms with Gasteiger partial charge in [-0.2, -0.15) is 0 Å². The van der Waals surface area contributed by atoms with Crippen molar-refractivity contribution in [1.29, 1.82) is 0 Å². The maximum Gasteiger partial charge on any atom is 0.257 e. The summed E-state index contributed by atoms with van der Waals surface area (Å²) in [6, 6.07) is 16.2. The third kappa shape index (κ3) is 6.76. The number of ether oxygens (including phenoxy) is 2. The van der Waals surface area contributed by atoms with Gasteiger partial charge in [-0.3, -0.25) is 4.79 Å². The molecular weight excluding hydrogens is 446 g/mol. The summed E-state index contributed by atoms with van der Waals surface area (Å²) < 4.78 is 12.3. The fourth-order valence-electron chi connectivity index (χ4n) is 5.43. The largest absolute Gasteiger partial charge is 0.484 e. The van der Waals surface area contributed by atoms with Gasteiger partial charge in [0.05, 0.1) is 12.7 Å². The van der Waals surface area contributed by atoms with Gasteiger partial charge in [0.25, 0.3) is 5.91 Å². The van der Waals surface area contributed by atoms with Crippen LogP contribution in [-0.4, -0.2) is 25.7 Å². The molecule has 1 saturated carbocycles. The van der Waals surface area contributed by atoms with Gasteiger partial charge in [0.2, 0.25) is 0 Å². The van der Waals surface area contributed by atoms with Gasteiger partial charge < -0.3 is 14.8 Å². The van der Waals surface area contributed by atoms with E-state index in [0.717, 1.165) is 29.3 Å². The van der Waals surface area contributed by atoms with Gasteiger partial charge in [-0.05, 0) is 72.4 Å². The van der Waals surface area contributed by atoms with Crippen molar-refractivity contribution in [2.75, 3.05) is 19.8 Å². The van der Waals surface area contributed by atoms with E-state index in [4.69, 9.17) is 21.1 Å². The molecule has 5 heteroatoms. The van der Waals surface area contributed by atoms with Crippen molar-refractivity contribution in [3.8, 4) is 5.75 Å². The Morgan fingerprint density at radius 3 is 2.59 bits per heavy atom. The summed E-state index contributed by atoms with van der Waals surface area (Å²) in [5.74, 6) is 2.54. The molecule has 0 aromatic heterocycles. The zero-order chi connectivity index (χ0) is 23.9.